The fourth-order valence-electron chi connectivity index (χ4n) is 2.19. The van der Waals surface area contributed by atoms with E-state index in [0.29, 0.717) is 5.41 Å². The van der Waals surface area contributed by atoms with Crippen LogP contribution in [0.2, 0.25) is 0 Å². The lowest BCUT2D eigenvalue weighted by molar-refractivity contribution is 0.179. The van der Waals surface area contributed by atoms with Gasteiger partial charge in [-0.05, 0) is 37.6 Å². The van der Waals surface area contributed by atoms with E-state index in [4.69, 9.17) is 5.73 Å². The van der Waals surface area contributed by atoms with E-state index in [9.17, 15) is 0 Å². The van der Waals surface area contributed by atoms with E-state index in [1.807, 2.05) is 0 Å². The number of nitrogens with two attached hydrogens (primary N) is 1. The minimum Gasteiger partial charge on any atom is -0.359 e. The first-order valence-corrected chi connectivity index (χ1v) is 4.76. The molecule has 0 atom stereocenters. The van der Waals surface area contributed by atoms with E-state index in [0.717, 1.165) is 6.54 Å². The van der Waals surface area contributed by atoms with Crippen molar-refractivity contribution in [3.63, 3.8) is 0 Å². The van der Waals surface area contributed by atoms with Crippen LogP contribution in [0.4, 0.5) is 0 Å². The van der Waals surface area contributed by atoms with Gasteiger partial charge in [0.25, 0.3) is 0 Å². The quantitative estimate of drug-likeness (QED) is 0.458. The number of nitrogens with zero attached hydrogens (tertiary/aromatic N) is 1. The molecule has 0 amide bonds. The maximum absolute atomic E-state index is 5.14. The van der Waals surface area contributed by atoms with E-state index < -0.39 is 0 Å². The smallest absolute Gasteiger partial charge is 0.0620 e. The number of hydrogen-bond donors (Lipinski definition) is 1. The third-order valence-corrected chi connectivity index (χ3v) is 3.10. The molecular formula is C10H16N2. The van der Waals surface area contributed by atoms with E-state index >= 15 is 0 Å². The van der Waals surface area contributed by atoms with Gasteiger partial charge in [-0.25, -0.2) is 0 Å². The minimum absolute atomic E-state index is 0.717. The zero-order valence-corrected chi connectivity index (χ0v) is 7.47. The molecule has 1 saturated heterocycles. The van der Waals surface area contributed by atoms with Crippen molar-refractivity contribution in [2.24, 2.45) is 11.1 Å². The van der Waals surface area contributed by atoms with Gasteiger partial charge in [0.1, 0.15) is 0 Å². The number of hydrogen-bond acceptors (Lipinski definition) is 2. The molecular weight excluding hydrogens is 148 g/mol. The Balaban J connectivity index is 1.85. The Labute approximate surface area is 74.1 Å². The van der Waals surface area contributed by atoms with E-state index in [2.05, 4.69) is 16.9 Å². The van der Waals surface area contributed by atoms with Crippen LogP contribution in [0.3, 0.4) is 0 Å². The Morgan fingerprint density at radius 2 is 2.17 bits per heavy atom. The molecule has 0 radical (unpaired) electrons. The summed E-state index contributed by atoms with van der Waals surface area (Å²) in [6.45, 7) is 3.36. The lowest BCUT2D eigenvalue weighted by atomic mass is 9.95. The molecule has 1 saturated carbocycles. The zero-order chi connectivity index (χ0) is 8.44. The molecule has 0 aromatic rings. The summed E-state index contributed by atoms with van der Waals surface area (Å²) >= 11 is 0. The fourth-order valence-corrected chi connectivity index (χ4v) is 2.19. The van der Waals surface area contributed by atoms with Crippen molar-refractivity contribution in [3.8, 4) is 12.0 Å². The first-order chi connectivity index (χ1) is 5.85. The minimum atomic E-state index is 0.717. The first kappa shape index (κ1) is 7.94. The summed E-state index contributed by atoms with van der Waals surface area (Å²) in [5, 5.41) is 0. The molecule has 2 heteroatoms. The summed E-state index contributed by atoms with van der Waals surface area (Å²) in [5.41, 5.74) is 5.86. The summed E-state index contributed by atoms with van der Waals surface area (Å²) in [4.78, 5) is 2.44. The molecule has 0 unspecified atom stereocenters. The van der Waals surface area contributed by atoms with Gasteiger partial charge in [0.05, 0.1) is 6.54 Å². The predicted molar refractivity (Wildman–Crippen MR) is 49.3 cm³/mol. The van der Waals surface area contributed by atoms with Crippen molar-refractivity contribution < 1.29 is 0 Å². The van der Waals surface area contributed by atoms with Crippen molar-refractivity contribution in [1.29, 1.82) is 0 Å². The van der Waals surface area contributed by atoms with Gasteiger partial charge in [0, 0.05) is 12.6 Å². The van der Waals surface area contributed by atoms with Crippen LogP contribution < -0.4 is 5.73 Å². The summed E-state index contributed by atoms with van der Waals surface area (Å²) in [5.74, 6) is 2.94. The van der Waals surface area contributed by atoms with Crippen LogP contribution in [0, 0.1) is 17.4 Å². The highest BCUT2D eigenvalue weighted by atomic mass is 15.1. The molecule has 2 fully saturated rings. The van der Waals surface area contributed by atoms with Crippen molar-refractivity contribution in [1.82, 2.24) is 4.90 Å². The number of piperidine rings is 1. The van der Waals surface area contributed by atoms with Crippen LogP contribution in [0.1, 0.15) is 25.7 Å². The lowest BCUT2D eigenvalue weighted by Gasteiger charge is -2.31. The molecule has 1 heterocycles. The zero-order valence-electron chi connectivity index (χ0n) is 7.47. The second-order valence-electron chi connectivity index (χ2n) is 4.14. The molecule has 1 aliphatic heterocycles. The maximum atomic E-state index is 5.14. The second-order valence-corrected chi connectivity index (χ2v) is 4.14. The predicted octanol–water partition coefficient (Wildman–Crippen LogP) is 0.782. The monoisotopic (exact) mass is 164 g/mol. The molecule has 2 N–H and O–H groups in total. The van der Waals surface area contributed by atoms with Crippen molar-refractivity contribution in [2.45, 2.75) is 25.7 Å². The van der Waals surface area contributed by atoms with Gasteiger partial charge in [0.15, 0.2) is 0 Å². The molecule has 2 aliphatic rings. The van der Waals surface area contributed by atoms with Gasteiger partial charge in [-0.3, -0.25) is 4.90 Å². The fraction of sp³-hybridized carbons (Fsp3) is 0.800. The average molecular weight is 164 g/mol. The topological polar surface area (TPSA) is 29.3 Å². The standard InChI is InChI=1S/C10H16N2/c11-6-2-8-12-7-1-3-10(9-12)4-5-10/h1,3-5,7-9,11H2. The number of likely N-dealkylation sites (tertiary alicyclic amines) is 1. The SMILES string of the molecule is NC#CCN1CCCC2(CC2)C1. The Morgan fingerprint density at radius 3 is 2.83 bits per heavy atom. The normalized spacial score (nSPS) is 26.3. The van der Waals surface area contributed by atoms with Gasteiger partial charge in [0.2, 0.25) is 0 Å². The summed E-state index contributed by atoms with van der Waals surface area (Å²) in [6.07, 6.45) is 5.69. The summed E-state index contributed by atoms with van der Waals surface area (Å²) < 4.78 is 0. The maximum Gasteiger partial charge on any atom is 0.0620 e. The van der Waals surface area contributed by atoms with Crippen molar-refractivity contribution in [2.75, 3.05) is 19.6 Å². The molecule has 2 rings (SSSR count). The van der Waals surface area contributed by atoms with Crippen LogP contribution in [0.25, 0.3) is 0 Å². The van der Waals surface area contributed by atoms with Crippen LogP contribution in [-0.2, 0) is 0 Å². The summed E-state index contributed by atoms with van der Waals surface area (Å²) in [6, 6.07) is 2.47. The van der Waals surface area contributed by atoms with Gasteiger partial charge < -0.3 is 5.73 Å². The highest BCUT2D eigenvalue weighted by Crippen LogP contribution is 2.51. The molecule has 0 aromatic heterocycles. The second kappa shape index (κ2) is 2.99. The van der Waals surface area contributed by atoms with Gasteiger partial charge in [-0.15, -0.1) is 0 Å². The molecule has 1 aliphatic carbocycles. The molecule has 0 bridgehead atoms. The largest absolute Gasteiger partial charge is 0.359 e. The average Bonchev–Trinajstić information content (AvgIpc) is 2.82. The lowest BCUT2D eigenvalue weighted by Crippen LogP contribution is -2.36. The third kappa shape index (κ3) is 1.56. The third-order valence-electron chi connectivity index (χ3n) is 3.10. The van der Waals surface area contributed by atoms with E-state index in [1.54, 1.807) is 0 Å². The Morgan fingerprint density at radius 1 is 1.33 bits per heavy atom. The van der Waals surface area contributed by atoms with Gasteiger partial charge >= 0.3 is 0 Å². The Bertz CT molecular complexity index is 220. The Kier molecular flexibility index (Phi) is 1.98. The van der Waals surface area contributed by atoms with Gasteiger partial charge in [-0.1, -0.05) is 5.92 Å². The van der Waals surface area contributed by atoms with Crippen molar-refractivity contribution in [3.05, 3.63) is 0 Å². The van der Waals surface area contributed by atoms with Crippen LogP contribution in [0.5, 0.6) is 0 Å². The molecule has 2 nitrogen and oxygen atoms in total. The highest BCUT2D eigenvalue weighted by molar-refractivity contribution is 5.02. The molecule has 1 spiro atoms. The molecule has 0 aromatic carbocycles. The summed E-state index contributed by atoms with van der Waals surface area (Å²) in [7, 11) is 0. The van der Waals surface area contributed by atoms with Crippen LogP contribution in [0.15, 0.2) is 0 Å². The number of rotatable bonds is 1. The first-order valence-electron chi connectivity index (χ1n) is 4.76. The van der Waals surface area contributed by atoms with Gasteiger partial charge in [-0.2, -0.15) is 0 Å². The van der Waals surface area contributed by atoms with E-state index in [1.165, 1.54) is 38.8 Å². The Hall–Kier alpha value is -0.680. The van der Waals surface area contributed by atoms with E-state index in [-0.39, 0.29) is 0 Å². The highest BCUT2D eigenvalue weighted by Gasteiger charge is 2.44. The van der Waals surface area contributed by atoms with Crippen LogP contribution >= 0.6 is 0 Å². The van der Waals surface area contributed by atoms with Crippen molar-refractivity contribution >= 4 is 0 Å². The molecule has 66 valence electrons. The van der Waals surface area contributed by atoms with Crippen LogP contribution in [-0.4, -0.2) is 24.5 Å². The molecule has 12 heavy (non-hydrogen) atoms.